The Balaban J connectivity index is 0.000000194. The fourth-order valence-corrected chi connectivity index (χ4v) is 10.3. The number of aliphatic imine (C=N–C) groups is 1. The molecule has 2 aromatic carbocycles. The zero-order chi connectivity index (χ0) is 56.7. The van der Waals surface area contributed by atoms with E-state index in [2.05, 4.69) is 26.3 Å². The number of ether oxygens (including phenoxy) is 4. The number of hydrogen-bond donors (Lipinski definition) is 6. The van der Waals surface area contributed by atoms with E-state index in [1.165, 1.54) is 6.08 Å². The summed E-state index contributed by atoms with van der Waals surface area (Å²) >= 11 is 0. The van der Waals surface area contributed by atoms with Crippen LogP contribution in [0.5, 0.6) is 11.5 Å². The van der Waals surface area contributed by atoms with Crippen LogP contribution in [0.25, 0.3) is 44.6 Å². The summed E-state index contributed by atoms with van der Waals surface area (Å²) in [5, 5.41) is 34.2. The Kier molecular flexibility index (Phi) is 16.8. The molecular weight excluding hydrogens is 1030 g/mol. The molecule has 6 aromatic rings. The number of urea groups is 1. The topological polar surface area (TPSA) is 310 Å². The van der Waals surface area contributed by atoms with Gasteiger partial charge in [0, 0.05) is 59.7 Å². The summed E-state index contributed by atoms with van der Waals surface area (Å²) in [6.45, 7) is 5.57. The number of isocyanates is 1. The average Bonchev–Trinajstić information content (AvgIpc) is 4.07. The van der Waals surface area contributed by atoms with Crippen molar-refractivity contribution in [2.24, 2.45) is 4.99 Å². The lowest BCUT2D eigenvalue weighted by Gasteiger charge is -2.31. The van der Waals surface area contributed by atoms with Gasteiger partial charge in [0.25, 0.3) is 11.1 Å². The number of nitrogens with zero attached hydrogens (tertiary/aromatic N) is 5. The number of fused-ring (bicyclic) bond motifs is 10. The second-order valence-corrected chi connectivity index (χ2v) is 19.8. The molecule has 10 rings (SSSR count). The Morgan fingerprint density at radius 1 is 0.637 bits per heavy atom. The van der Waals surface area contributed by atoms with Crippen molar-refractivity contribution in [3.05, 3.63) is 115 Å². The third kappa shape index (κ3) is 11.4. The van der Waals surface area contributed by atoms with E-state index in [1.54, 1.807) is 78.6 Å². The maximum Gasteiger partial charge on any atom is 0.412 e. The van der Waals surface area contributed by atoms with Crippen molar-refractivity contribution in [3.8, 4) is 34.3 Å². The highest BCUT2D eigenvalue weighted by molar-refractivity contribution is 5.89. The minimum atomic E-state index is -1.87. The average molecular weight is 1100 g/mol. The van der Waals surface area contributed by atoms with Gasteiger partial charge in [0.15, 0.2) is 11.2 Å². The molecule has 0 aliphatic carbocycles. The summed E-state index contributed by atoms with van der Waals surface area (Å²) in [6, 6.07) is 17.2. The van der Waals surface area contributed by atoms with Gasteiger partial charge in [-0.3, -0.25) is 9.59 Å². The molecule has 0 saturated heterocycles. The molecule has 0 fully saturated rings. The van der Waals surface area contributed by atoms with Crippen LogP contribution in [0.15, 0.2) is 75.2 Å². The maximum absolute atomic E-state index is 13.3. The summed E-state index contributed by atoms with van der Waals surface area (Å²) in [5.41, 5.74) is 1.87. The Morgan fingerprint density at radius 3 is 1.50 bits per heavy atom. The molecule has 0 unspecified atom stereocenters. The van der Waals surface area contributed by atoms with Crippen molar-refractivity contribution in [1.82, 2.24) is 40.4 Å². The highest BCUT2D eigenvalue weighted by Crippen LogP contribution is 2.41. The van der Waals surface area contributed by atoms with Crippen molar-refractivity contribution >= 4 is 58.0 Å². The number of nitrogens with one attached hydrogen (secondary N) is 4. The number of cyclic esters (lactones) is 2. The number of pyridine rings is 4. The number of rotatable bonds is 18. The standard InChI is InChI=1S/C29H33N5O7.C28H28N4O7/c1-3-29(39)21-14-23-24-18(15-34(23)25(35)20(21)16-40-26(29)36)12-17-13-19(8-9-22(17)33-24)41-28(38)32-11-7-5-4-6-10-31-27(37)30-2;1-2-28(37)21-13-23-24-18(14-32(23)25(34)20(21)15-38-26(28)35)11-17-12-19(7-8-22(17)31-24)39-27(36)30-10-6-4-3-5-9-29-16-33/h8-9,12-14,39H,3-7,10-11,15-16H2,1-2H3,(H,32,38)(H2,30,31,37);7-8,11-13,37H,2-6,9-10,14-15H2,1H3,(H,30,36)/t29-;28-/m11/s1. The van der Waals surface area contributed by atoms with Gasteiger partial charge in [0.1, 0.15) is 24.7 Å². The van der Waals surface area contributed by atoms with E-state index in [0.717, 1.165) is 73.3 Å². The molecule has 0 saturated carbocycles. The van der Waals surface area contributed by atoms with Crippen LogP contribution in [0.3, 0.4) is 0 Å². The number of aliphatic hydroxyl groups is 2. The number of unbranched alkanes of at least 4 members (excludes halogenated alkanes) is 6. The van der Waals surface area contributed by atoms with E-state index in [1.807, 2.05) is 12.1 Å². The van der Waals surface area contributed by atoms with E-state index in [9.17, 15) is 48.6 Å². The van der Waals surface area contributed by atoms with Crippen LogP contribution in [0.4, 0.5) is 14.4 Å². The van der Waals surface area contributed by atoms with Crippen molar-refractivity contribution in [1.29, 1.82) is 0 Å². The fourth-order valence-electron chi connectivity index (χ4n) is 10.3. The van der Waals surface area contributed by atoms with Gasteiger partial charge in [0.05, 0.1) is 64.6 Å². The number of carbonyl (C=O) groups excluding carboxylic acids is 6. The van der Waals surface area contributed by atoms with Gasteiger partial charge < -0.3 is 59.6 Å². The Morgan fingerprint density at radius 2 is 1.07 bits per heavy atom. The molecule has 8 heterocycles. The number of hydrogen-bond acceptors (Lipinski definition) is 17. The largest absolute Gasteiger partial charge is 0.458 e. The van der Waals surface area contributed by atoms with Crippen LogP contribution in [0.1, 0.15) is 111 Å². The molecule has 4 aromatic heterocycles. The molecule has 6 N–H and O–H groups in total. The lowest BCUT2D eigenvalue weighted by atomic mass is 9.86. The van der Waals surface area contributed by atoms with Gasteiger partial charge in [-0.25, -0.2) is 43.7 Å². The molecule has 4 amide bonds. The normalized spacial score (nSPS) is 16.9. The molecule has 418 valence electrons. The van der Waals surface area contributed by atoms with Crippen LogP contribution in [0, 0.1) is 0 Å². The van der Waals surface area contributed by atoms with Crippen LogP contribution in [0.2, 0.25) is 0 Å². The second kappa shape index (κ2) is 24.1. The van der Waals surface area contributed by atoms with Gasteiger partial charge in [-0.1, -0.05) is 39.5 Å². The summed E-state index contributed by atoms with van der Waals surface area (Å²) < 4.78 is 24.3. The number of carbonyl (C=O) groups is 5. The highest BCUT2D eigenvalue weighted by atomic mass is 16.6. The molecule has 0 spiro atoms. The first-order valence-electron chi connectivity index (χ1n) is 26.7. The first-order chi connectivity index (χ1) is 38.6. The zero-order valence-corrected chi connectivity index (χ0v) is 44.5. The molecule has 0 bridgehead atoms. The van der Waals surface area contributed by atoms with Crippen LogP contribution >= 0.6 is 0 Å². The SMILES string of the molecule is CC[C@]1(O)C(=O)OCc2c1cc1n(c2=O)Cc2cc3cc(OC(=O)NCCCCCCN=C=O)ccc3nc2-1.CC[C@]1(O)C(=O)OCc2c1cc1n(c2=O)Cc2cc3cc(OC(=O)NCCCCCCNC(=O)NC)ccc3nc2-1. The predicted molar refractivity (Wildman–Crippen MR) is 289 cm³/mol. The Hall–Kier alpha value is -8.79. The minimum Gasteiger partial charge on any atom is -0.458 e. The van der Waals surface area contributed by atoms with Crippen molar-refractivity contribution < 1.29 is 57.9 Å². The summed E-state index contributed by atoms with van der Waals surface area (Å²) in [4.78, 5) is 110. The lowest BCUT2D eigenvalue weighted by Crippen LogP contribution is -2.44. The Bertz CT molecular complexity index is 3630. The quantitative estimate of drug-likeness (QED) is 0.0259. The molecule has 23 nitrogen and oxygen atoms in total. The third-order valence-corrected chi connectivity index (χ3v) is 14.8. The molecule has 4 aliphatic heterocycles. The third-order valence-electron chi connectivity index (χ3n) is 14.8. The van der Waals surface area contributed by atoms with Crippen molar-refractivity contribution in [3.63, 3.8) is 0 Å². The van der Waals surface area contributed by atoms with Gasteiger partial charge in [-0.15, -0.1) is 0 Å². The van der Waals surface area contributed by atoms with Gasteiger partial charge in [-0.2, -0.15) is 0 Å². The number of amides is 4. The van der Waals surface area contributed by atoms with E-state index >= 15 is 0 Å². The smallest absolute Gasteiger partial charge is 0.412 e. The first-order valence-corrected chi connectivity index (χ1v) is 26.7. The van der Waals surface area contributed by atoms with Crippen LogP contribution < -0.4 is 41.9 Å². The Labute approximate surface area is 457 Å². The second-order valence-electron chi connectivity index (χ2n) is 19.8. The summed E-state index contributed by atoms with van der Waals surface area (Å²) in [6.07, 6.45) is 7.48. The van der Waals surface area contributed by atoms with Crippen LogP contribution in [-0.4, -0.2) is 98.8 Å². The predicted octanol–water partition coefficient (Wildman–Crippen LogP) is 5.72. The molecular formula is C57H61N9O14. The van der Waals surface area contributed by atoms with E-state index in [4.69, 9.17) is 28.9 Å². The zero-order valence-electron chi connectivity index (χ0n) is 44.5. The van der Waals surface area contributed by atoms with Crippen molar-refractivity contribution in [2.75, 3.05) is 33.2 Å². The molecule has 0 radical (unpaired) electrons. The van der Waals surface area contributed by atoms with E-state index < -0.39 is 35.3 Å². The molecule has 4 aliphatic rings. The fraction of sp³-hybridized carbons (Fsp3) is 0.404. The number of benzene rings is 2. The minimum absolute atomic E-state index is 0.0775. The summed E-state index contributed by atoms with van der Waals surface area (Å²) in [7, 11) is 1.57. The number of aromatic nitrogens is 4. The first kappa shape index (κ1) is 55.9. The highest BCUT2D eigenvalue weighted by Gasteiger charge is 2.47. The maximum atomic E-state index is 13.3. The lowest BCUT2D eigenvalue weighted by molar-refractivity contribution is -0.172. The van der Waals surface area contributed by atoms with Gasteiger partial charge >= 0.3 is 30.2 Å². The van der Waals surface area contributed by atoms with E-state index in [0.29, 0.717) is 71.5 Å². The monoisotopic (exact) mass is 1100 g/mol. The van der Waals surface area contributed by atoms with Crippen molar-refractivity contribution in [2.45, 2.75) is 116 Å². The van der Waals surface area contributed by atoms with Crippen LogP contribution in [-0.2, 0) is 61.4 Å². The number of esters is 2. The molecule has 80 heavy (non-hydrogen) atoms. The van der Waals surface area contributed by atoms with E-state index in [-0.39, 0.29) is 78.5 Å². The van der Waals surface area contributed by atoms with Gasteiger partial charge in [0.2, 0.25) is 6.08 Å². The van der Waals surface area contributed by atoms with Gasteiger partial charge in [-0.05, 0) is 99.2 Å². The molecule has 23 heteroatoms. The molecule has 2 atom stereocenters. The summed E-state index contributed by atoms with van der Waals surface area (Å²) in [5.74, 6) is -0.793.